The molecule has 0 atom stereocenters. The summed E-state index contributed by atoms with van der Waals surface area (Å²) in [6, 6.07) is 6.77. The van der Waals surface area contributed by atoms with Crippen molar-refractivity contribution in [1.82, 2.24) is 5.32 Å². The molecule has 5 nitrogen and oxygen atoms in total. The first-order valence-corrected chi connectivity index (χ1v) is 7.47. The van der Waals surface area contributed by atoms with E-state index in [2.05, 4.69) is 11.9 Å². The number of nitrogens with one attached hydrogen (secondary N) is 1. The Morgan fingerprint density at radius 1 is 1.09 bits per heavy atom. The van der Waals surface area contributed by atoms with Gasteiger partial charge in [0.05, 0.1) is 11.5 Å². The lowest BCUT2D eigenvalue weighted by molar-refractivity contribution is -0.143. The third kappa shape index (κ3) is 3.87. The molecule has 0 unspecified atom stereocenters. The van der Waals surface area contributed by atoms with Crippen molar-refractivity contribution in [2.75, 3.05) is 6.54 Å². The van der Waals surface area contributed by atoms with Crippen molar-refractivity contribution in [3.8, 4) is 0 Å². The van der Waals surface area contributed by atoms with E-state index in [4.69, 9.17) is 5.11 Å². The van der Waals surface area contributed by atoms with Gasteiger partial charge in [0.25, 0.3) is 0 Å². The van der Waals surface area contributed by atoms with E-state index >= 15 is 0 Å². The van der Waals surface area contributed by atoms with Crippen molar-refractivity contribution in [3.05, 3.63) is 42.0 Å². The topological polar surface area (TPSA) is 86.6 Å². The van der Waals surface area contributed by atoms with Gasteiger partial charge in [-0.2, -0.15) is 0 Å². The van der Waals surface area contributed by atoms with Gasteiger partial charge in [-0.1, -0.05) is 24.8 Å². The summed E-state index contributed by atoms with van der Waals surface area (Å²) in [4.78, 5) is 22.1. The standard InChI is InChI=1S/C17H21NO4/c1-11(14-4-2-3-5-15(14)17(21)22)18-10-12-6-8-13(9-7-12)16(19)20/h2-5,12-13,18H,1,6-10H2,(H,19,20)(H,21,22). The molecule has 5 heteroatoms. The van der Waals surface area contributed by atoms with E-state index in [1.54, 1.807) is 24.3 Å². The molecule has 22 heavy (non-hydrogen) atoms. The van der Waals surface area contributed by atoms with Crippen LogP contribution in [-0.4, -0.2) is 28.7 Å². The fourth-order valence-electron chi connectivity index (χ4n) is 2.91. The first-order valence-electron chi connectivity index (χ1n) is 7.47. The molecule has 1 aromatic rings. The Kier molecular flexibility index (Phi) is 5.20. The molecular formula is C17H21NO4. The number of benzene rings is 1. The first-order chi connectivity index (χ1) is 10.5. The van der Waals surface area contributed by atoms with E-state index < -0.39 is 11.9 Å². The predicted molar refractivity (Wildman–Crippen MR) is 83.5 cm³/mol. The molecule has 118 valence electrons. The number of carbonyl (C=O) groups is 2. The molecule has 0 spiro atoms. The highest BCUT2D eigenvalue weighted by Crippen LogP contribution is 2.29. The average Bonchev–Trinajstić information content (AvgIpc) is 2.53. The summed E-state index contributed by atoms with van der Waals surface area (Å²) in [5.74, 6) is -1.48. The average molecular weight is 303 g/mol. The molecule has 0 aliphatic heterocycles. The van der Waals surface area contributed by atoms with Gasteiger partial charge in [-0.3, -0.25) is 4.79 Å². The summed E-state index contributed by atoms with van der Waals surface area (Å²) in [5, 5.41) is 21.4. The molecule has 1 aromatic carbocycles. The van der Waals surface area contributed by atoms with Crippen LogP contribution < -0.4 is 5.32 Å². The van der Waals surface area contributed by atoms with Crippen LogP contribution in [0.2, 0.25) is 0 Å². The highest BCUT2D eigenvalue weighted by atomic mass is 16.4. The molecule has 0 amide bonds. The van der Waals surface area contributed by atoms with Crippen molar-refractivity contribution in [1.29, 1.82) is 0 Å². The van der Waals surface area contributed by atoms with Crippen LogP contribution in [0.5, 0.6) is 0 Å². The largest absolute Gasteiger partial charge is 0.481 e. The molecule has 1 saturated carbocycles. The number of hydrogen-bond acceptors (Lipinski definition) is 3. The minimum Gasteiger partial charge on any atom is -0.481 e. The summed E-state index contributed by atoms with van der Waals surface area (Å²) in [6.07, 6.45) is 3.16. The third-order valence-corrected chi connectivity index (χ3v) is 4.28. The summed E-state index contributed by atoms with van der Waals surface area (Å²) in [6.45, 7) is 4.62. The normalized spacial score (nSPS) is 21.1. The highest BCUT2D eigenvalue weighted by molar-refractivity contribution is 5.93. The molecule has 0 aromatic heterocycles. The van der Waals surface area contributed by atoms with Crippen LogP contribution in [0.25, 0.3) is 5.70 Å². The number of rotatable bonds is 6. The minimum absolute atomic E-state index is 0.216. The maximum atomic E-state index is 11.2. The van der Waals surface area contributed by atoms with E-state index in [0.29, 0.717) is 36.6 Å². The second kappa shape index (κ2) is 7.11. The van der Waals surface area contributed by atoms with Crippen molar-refractivity contribution < 1.29 is 19.8 Å². The Balaban J connectivity index is 1.89. The lowest BCUT2D eigenvalue weighted by atomic mass is 9.82. The van der Waals surface area contributed by atoms with Crippen LogP contribution in [0, 0.1) is 11.8 Å². The molecule has 0 radical (unpaired) electrons. The Bertz CT molecular complexity index is 574. The van der Waals surface area contributed by atoms with E-state index in [1.807, 2.05) is 0 Å². The summed E-state index contributed by atoms with van der Waals surface area (Å²) < 4.78 is 0. The maximum absolute atomic E-state index is 11.2. The lowest BCUT2D eigenvalue weighted by Crippen LogP contribution is -2.28. The number of aromatic carboxylic acids is 1. The first kappa shape index (κ1) is 16.1. The van der Waals surface area contributed by atoms with Crippen LogP contribution in [0.3, 0.4) is 0 Å². The zero-order valence-electron chi connectivity index (χ0n) is 12.4. The molecule has 0 saturated heterocycles. The van der Waals surface area contributed by atoms with Crippen LogP contribution in [-0.2, 0) is 4.79 Å². The Hall–Kier alpha value is -2.30. The molecule has 1 aliphatic carbocycles. The van der Waals surface area contributed by atoms with Crippen molar-refractivity contribution in [2.45, 2.75) is 25.7 Å². The van der Waals surface area contributed by atoms with E-state index in [1.165, 1.54) is 0 Å². The number of hydrogen-bond donors (Lipinski definition) is 3. The molecule has 1 fully saturated rings. The minimum atomic E-state index is -0.972. The van der Waals surface area contributed by atoms with Gasteiger partial charge in [0.15, 0.2) is 0 Å². The summed E-state index contributed by atoms with van der Waals surface area (Å²) in [7, 11) is 0. The second-order valence-corrected chi connectivity index (χ2v) is 5.77. The van der Waals surface area contributed by atoms with Crippen molar-refractivity contribution in [3.63, 3.8) is 0 Å². The van der Waals surface area contributed by atoms with Crippen LogP contribution in [0.4, 0.5) is 0 Å². The highest BCUT2D eigenvalue weighted by Gasteiger charge is 2.25. The monoisotopic (exact) mass is 303 g/mol. The van der Waals surface area contributed by atoms with Gasteiger partial charge in [-0.25, -0.2) is 4.79 Å². The molecule has 0 bridgehead atoms. The summed E-state index contributed by atoms with van der Waals surface area (Å²) in [5.41, 5.74) is 1.42. The fourth-order valence-corrected chi connectivity index (χ4v) is 2.91. The molecule has 1 aliphatic rings. The van der Waals surface area contributed by atoms with Crippen LogP contribution in [0.1, 0.15) is 41.6 Å². The van der Waals surface area contributed by atoms with Crippen LogP contribution >= 0.6 is 0 Å². The predicted octanol–water partition coefficient (Wildman–Crippen LogP) is 2.84. The Morgan fingerprint density at radius 3 is 2.23 bits per heavy atom. The van der Waals surface area contributed by atoms with E-state index in [9.17, 15) is 14.7 Å². The van der Waals surface area contributed by atoms with Gasteiger partial charge in [0.1, 0.15) is 0 Å². The van der Waals surface area contributed by atoms with Gasteiger partial charge >= 0.3 is 11.9 Å². The SMILES string of the molecule is C=C(NCC1CCC(C(=O)O)CC1)c1ccccc1C(=O)O. The van der Waals surface area contributed by atoms with Gasteiger partial charge in [0.2, 0.25) is 0 Å². The van der Waals surface area contributed by atoms with Gasteiger partial charge in [-0.05, 0) is 37.7 Å². The van der Waals surface area contributed by atoms with E-state index in [0.717, 1.165) is 12.8 Å². The van der Waals surface area contributed by atoms with Crippen LogP contribution in [0.15, 0.2) is 30.8 Å². The third-order valence-electron chi connectivity index (χ3n) is 4.28. The van der Waals surface area contributed by atoms with Gasteiger partial charge < -0.3 is 15.5 Å². The van der Waals surface area contributed by atoms with Crippen molar-refractivity contribution in [2.24, 2.45) is 11.8 Å². The Morgan fingerprint density at radius 2 is 1.68 bits per heavy atom. The number of aliphatic carboxylic acids is 1. The molecule has 0 heterocycles. The van der Waals surface area contributed by atoms with Gasteiger partial charge in [0, 0.05) is 17.8 Å². The zero-order chi connectivity index (χ0) is 16.1. The van der Waals surface area contributed by atoms with Crippen molar-refractivity contribution >= 4 is 17.6 Å². The quantitative estimate of drug-likeness (QED) is 0.752. The second-order valence-electron chi connectivity index (χ2n) is 5.77. The van der Waals surface area contributed by atoms with Gasteiger partial charge in [-0.15, -0.1) is 0 Å². The number of carboxylic acids is 2. The fraction of sp³-hybridized carbons (Fsp3) is 0.412. The molecule has 2 rings (SSSR count). The molecular weight excluding hydrogens is 282 g/mol. The number of carboxylic acid groups (broad SMARTS) is 2. The maximum Gasteiger partial charge on any atom is 0.336 e. The Labute approximate surface area is 129 Å². The summed E-state index contributed by atoms with van der Waals surface area (Å²) >= 11 is 0. The lowest BCUT2D eigenvalue weighted by Gasteiger charge is -2.27. The molecule has 3 N–H and O–H groups in total. The smallest absolute Gasteiger partial charge is 0.336 e. The van der Waals surface area contributed by atoms with E-state index in [-0.39, 0.29) is 11.5 Å². The zero-order valence-corrected chi connectivity index (χ0v) is 12.4.